The Morgan fingerprint density at radius 2 is 2.15 bits per heavy atom. The molecule has 0 radical (unpaired) electrons. The van der Waals surface area contributed by atoms with Gasteiger partial charge in [-0.1, -0.05) is 0 Å². The van der Waals surface area contributed by atoms with Crippen LogP contribution in [0.15, 0.2) is 10.7 Å². The van der Waals surface area contributed by atoms with Crippen LogP contribution >= 0.6 is 15.9 Å². The number of rotatable bonds is 3. The standard InChI is InChI=1S/C8H11BrN2O2/c1-12-6-4-11-5(3-10)7(9)8(6)13-2/h4H,3,10H2,1-2H3. The van der Waals surface area contributed by atoms with Gasteiger partial charge in [0.15, 0.2) is 11.5 Å². The number of hydrogen-bond acceptors (Lipinski definition) is 4. The molecule has 1 heterocycles. The van der Waals surface area contributed by atoms with Crippen molar-refractivity contribution in [3.63, 3.8) is 0 Å². The Kier molecular flexibility index (Phi) is 3.50. The van der Waals surface area contributed by atoms with Gasteiger partial charge in [0.25, 0.3) is 0 Å². The molecule has 1 rings (SSSR count). The normalized spacial score (nSPS) is 9.85. The molecular weight excluding hydrogens is 236 g/mol. The van der Waals surface area contributed by atoms with E-state index in [0.29, 0.717) is 18.0 Å². The van der Waals surface area contributed by atoms with Crippen LogP contribution in [0, 0.1) is 0 Å². The Morgan fingerprint density at radius 1 is 1.46 bits per heavy atom. The van der Waals surface area contributed by atoms with Crippen molar-refractivity contribution in [2.75, 3.05) is 14.2 Å². The van der Waals surface area contributed by atoms with Gasteiger partial charge in [-0.25, -0.2) is 0 Å². The third-order valence-corrected chi connectivity index (χ3v) is 2.45. The summed E-state index contributed by atoms with van der Waals surface area (Å²) in [5.74, 6) is 1.21. The van der Waals surface area contributed by atoms with Gasteiger partial charge >= 0.3 is 0 Å². The molecule has 0 saturated heterocycles. The van der Waals surface area contributed by atoms with Gasteiger partial charge < -0.3 is 15.2 Å². The number of methoxy groups -OCH3 is 2. The lowest BCUT2D eigenvalue weighted by molar-refractivity contribution is 0.350. The fourth-order valence-electron chi connectivity index (χ4n) is 0.969. The average Bonchev–Trinajstić information content (AvgIpc) is 2.17. The van der Waals surface area contributed by atoms with Crippen LogP contribution in [-0.2, 0) is 6.54 Å². The Labute approximate surface area is 85.2 Å². The highest BCUT2D eigenvalue weighted by atomic mass is 79.9. The first kappa shape index (κ1) is 10.3. The molecule has 4 nitrogen and oxygen atoms in total. The van der Waals surface area contributed by atoms with Gasteiger partial charge in [0.2, 0.25) is 0 Å². The van der Waals surface area contributed by atoms with E-state index in [2.05, 4.69) is 20.9 Å². The molecule has 0 aliphatic carbocycles. The molecule has 0 aliphatic heterocycles. The number of nitrogens with zero attached hydrogens (tertiary/aromatic N) is 1. The number of pyridine rings is 1. The van der Waals surface area contributed by atoms with Crippen LogP contribution < -0.4 is 15.2 Å². The summed E-state index contributed by atoms with van der Waals surface area (Å²) in [6, 6.07) is 0. The monoisotopic (exact) mass is 246 g/mol. The Balaban J connectivity index is 3.23. The minimum Gasteiger partial charge on any atom is -0.492 e. The molecular formula is C8H11BrN2O2. The maximum absolute atomic E-state index is 5.48. The Bertz CT molecular complexity index is 304. The van der Waals surface area contributed by atoms with E-state index in [1.807, 2.05) is 0 Å². The predicted octanol–water partition coefficient (Wildman–Crippen LogP) is 1.32. The van der Waals surface area contributed by atoms with Crippen molar-refractivity contribution < 1.29 is 9.47 Å². The number of nitrogens with two attached hydrogens (primary N) is 1. The van der Waals surface area contributed by atoms with E-state index in [1.54, 1.807) is 20.4 Å². The third kappa shape index (κ3) is 1.92. The molecule has 0 unspecified atom stereocenters. The highest BCUT2D eigenvalue weighted by Gasteiger charge is 2.12. The first-order valence-electron chi connectivity index (χ1n) is 3.70. The summed E-state index contributed by atoms with van der Waals surface area (Å²) in [7, 11) is 3.14. The summed E-state index contributed by atoms with van der Waals surface area (Å²) < 4.78 is 10.9. The number of halogens is 1. The maximum Gasteiger partial charge on any atom is 0.180 e. The van der Waals surface area contributed by atoms with Crippen molar-refractivity contribution in [1.29, 1.82) is 0 Å². The zero-order valence-corrected chi connectivity index (χ0v) is 9.09. The van der Waals surface area contributed by atoms with Crippen molar-refractivity contribution in [2.24, 2.45) is 5.73 Å². The highest BCUT2D eigenvalue weighted by molar-refractivity contribution is 9.10. The van der Waals surface area contributed by atoms with Gasteiger partial charge in [-0.3, -0.25) is 4.98 Å². The summed E-state index contributed by atoms with van der Waals surface area (Å²) in [5, 5.41) is 0. The first-order valence-corrected chi connectivity index (χ1v) is 4.49. The summed E-state index contributed by atoms with van der Waals surface area (Å²) in [6.07, 6.45) is 1.59. The van der Waals surface area contributed by atoms with E-state index in [0.717, 1.165) is 10.2 Å². The fourth-order valence-corrected chi connectivity index (χ4v) is 1.59. The molecule has 0 spiro atoms. The van der Waals surface area contributed by atoms with Crippen molar-refractivity contribution in [2.45, 2.75) is 6.54 Å². The summed E-state index contributed by atoms with van der Waals surface area (Å²) in [6.45, 7) is 0.362. The third-order valence-electron chi connectivity index (χ3n) is 1.63. The quantitative estimate of drug-likeness (QED) is 0.875. The average molecular weight is 247 g/mol. The van der Waals surface area contributed by atoms with Gasteiger partial charge in [0, 0.05) is 6.54 Å². The summed E-state index contributed by atoms with van der Waals surface area (Å²) >= 11 is 3.35. The lowest BCUT2D eigenvalue weighted by Crippen LogP contribution is -2.03. The van der Waals surface area contributed by atoms with Crippen LogP contribution in [0.5, 0.6) is 11.5 Å². The lowest BCUT2D eigenvalue weighted by atomic mass is 10.3. The molecule has 0 saturated carbocycles. The zero-order chi connectivity index (χ0) is 9.84. The molecule has 0 amide bonds. The van der Waals surface area contributed by atoms with E-state index in [4.69, 9.17) is 15.2 Å². The second-order valence-electron chi connectivity index (χ2n) is 2.32. The topological polar surface area (TPSA) is 57.4 Å². The molecule has 1 aromatic heterocycles. The SMILES string of the molecule is COc1cnc(CN)c(Br)c1OC. The van der Waals surface area contributed by atoms with E-state index in [-0.39, 0.29) is 0 Å². The first-order chi connectivity index (χ1) is 6.24. The molecule has 0 aromatic carbocycles. The van der Waals surface area contributed by atoms with E-state index in [9.17, 15) is 0 Å². The molecule has 0 bridgehead atoms. The highest BCUT2D eigenvalue weighted by Crippen LogP contribution is 2.35. The van der Waals surface area contributed by atoms with Gasteiger partial charge in [0.05, 0.1) is 30.6 Å². The fraction of sp³-hybridized carbons (Fsp3) is 0.375. The Hall–Kier alpha value is -0.810. The molecule has 0 aliphatic rings. The van der Waals surface area contributed by atoms with Gasteiger partial charge in [-0.15, -0.1) is 0 Å². The number of ether oxygens (including phenoxy) is 2. The van der Waals surface area contributed by atoms with E-state index < -0.39 is 0 Å². The van der Waals surface area contributed by atoms with Crippen LogP contribution in [-0.4, -0.2) is 19.2 Å². The van der Waals surface area contributed by atoms with Crippen molar-refractivity contribution in [3.05, 3.63) is 16.4 Å². The van der Waals surface area contributed by atoms with Crippen molar-refractivity contribution >= 4 is 15.9 Å². The molecule has 2 N–H and O–H groups in total. The Morgan fingerprint density at radius 3 is 2.62 bits per heavy atom. The molecule has 5 heteroatoms. The minimum absolute atomic E-state index is 0.362. The zero-order valence-electron chi connectivity index (χ0n) is 7.50. The van der Waals surface area contributed by atoms with Crippen LogP contribution in [0.3, 0.4) is 0 Å². The molecule has 0 fully saturated rings. The summed E-state index contributed by atoms with van der Waals surface area (Å²) in [5.41, 5.74) is 6.22. The number of hydrogen-bond donors (Lipinski definition) is 1. The van der Waals surface area contributed by atoms with Crippen LogP contribution in [0.4, 0.5) is 0 Å². The molecule has 0 atom stereocenters. The smallest absolute Gasteiger partial charge is 0.180 e. The van der Waals surface area contributed by atoms with Gasteiger partial charge in [0.1, 0.15) is 0 Å². The van der Waals surface area contributed by atoms with Gasteiger partial charge in [-0.2, -0.15) is 0 Å². The van der Waals surface area contributed by atoms with E-state index >= 15 is 0 Å². The molecule has 13 heavy (non-hydrogen) atoms. The van der Waals surface area contributed by atoms with Crippen molar-refractivity contribution in [1.82, 2.24) is 4.98 Å². The second-order valence-corrected chi connectivity index (χ2v) is 3.12. The van der Waals surface area contributed by atoms with Crippen LogP contribution in [0.1, 0.15) is 5.69 Å². The molecule has 72 valence electrons. The number of aromatic nitrogens is 1. The van der Waals surface area contributed by atoms with Gasteiger partial charge in [-0.05, 0) is 15.9 Å². The minimum atomic E-state index is 0.362. The summed E-state index contributed by atoms with van der Waals surface area (Å²) in [4.78, 5) is 4.10. The van der Waals surface area contributed by atoms with Crippen LogP contribution in [0.2, 0.25) is 0 Å². The van der Waals surface area contributed by atoms with Crippen molar-refractivity contribution in [3.8, 4) is 11.5 Å². The maximum atomic E-state index is 5.48. The molecule has 1 aromatic rings. The van der Waals surface area contributed by atoms with Crippen LogP contribution in [0.25, 0.3) is 0 Å². The largest absolute Gasteiger partial charge is 0.492 e. The second kappa shape index (κ2) is 4.43. The lowest BCUT2D eigenvalue weighted by Gasteiger charge is -2.10. The van der Waals surface area contributed by atoms with E-state index in [1.165, 1.54) is 0 Å². The predicted molar refractivity (Wildman–Crippen MR) is 52.9 cm³/mol.